The summed E-state index contributed by atoms with van der Waals surface area (Å²) < 4.78 is 5.62. The van der Waals surface area contributed by atoms with Gasteiger partial charge in [0.05, 0.1) is 6.07 Å². The van der Waals surface area contributed by atoms with Gasteiger partial charge in [-0.25, -0.2) is 0 Å². The average Bonchev–Trinajstić information content (AvgIpc) is 2.38. The molecule has 0 heterocycles. The number of rotatable bonds is 3. The first-order chi connectivity index (χ1) is 7.88. The van der Waals surface area contributed by atoms with E-state index in [9.17, 15) is 0 Å². The third-order valence-corrected chi connectivity index (χ3v) is 2.22. The Morgan fingerprint density at radius 3 is 2.56 bits per heavy atom. The van der Waals surface area contributed by atoms with Gasteiger partial charge in [-0.2, -0.15) is 0 Å². The lowest BCUT2D eigenvalue weighted by atomic mass is 10.2. The second kappa shape index (κ2) is 4.99. The minimum absolute atomic E-state index is 0.550. The van der Waals surface area contributed by atoms with Crippen molar-refractivity contribution in [3.8, 4) is 12.3 Å². The molecule has 0 saturated heterocycles. The molecule has 0 N–H and O–H groups in total. The predicted octanol–water partition coefficient (Wildman–Crippen LogP) is 3.86. The molecule has 0 radical (unpaired) electrons. The first-order valence-electron chi connectivity index (χ1n) is 5.06. The van der Waals surface area contributed by atoms with Gasteiger partial charge in [-0.3, -0.25) is 0 Å². The quantitative estimate of drug-likeness (QED) is 0.750. The maximum atomic E-state index is 5.62. The molecule has 0 aliphatic rings. The molecule has 0 atom stereocenters. The molecule has 0 saturated carbocycles. The van der Waals surface area contributed by atoms with Crippen LogP contribution in [0.5, 0.6) is 5.75 Å². The highest BCUT2D eigenvalue weighted by molar-refractivity contribution is 5.49. The highest BCUT2D eigenvalue weighted by atomic mass is 16.5. The zero-order chi connectivity index (χ0) is 11.2. The Kier molecular flexibility index (Phi) is 3.20. The van der Waals surface area contributed by atoms with E-state index >= 15 is 0 Å². The van der Waals surface area contributed by atoms with Crippen LogP contribution in [0.1, 0.15) is 5.56 Å². The molecule has 0 spiro atoms. The molecule has 0 bridgehead atoms. The Hall–Kier alpha value is -2.27. The maximum Gasteiger partial charge on any atom is 0.343 e. The first kappa shape index (κ1) is 10.3. The van der Waals surface area contributed by atoms with E-state index in [0.717, 1.165) is 11.3 Å². The Bertz CT molecular complexity index is 500. The van der Waals surface area contributed by atoms with Crippen molar-refractivity contribution in [2.24, 2.45) is 0 Å². The standard InChI is InChI=1S/C14H12NO/c1-15-13-8-5-9-14(10-13)16-11-12-6-3-2-4-7-12/h1-10H,11H2/q+1. The summed E-state index contributed by atoms with van der Waals surface area (Å²) in [5.41, 5.74) is 1.85. The van der Waals surface area contributed by atoms with Crippen molar-refractivity contribution < 1.29 is 4.74 Å². The number of hydrogen-bond donors (Lipinski definition) is 0. The third kappa shape index (κ3) is 2.61. The molecule has 2 nitrogen and oxygen atoms in total. The van der Waals surface area contributed by atoms with E-state index in [1.807, 2.05) is 54.6 Å². The smallest absolute Gasteiger partial charge is 0.343 e. The van der Waals surface area contributed by atoms with Gasteiger partial charge in [0.1, 0.15) is 12.4 Å². The van der Waals surface area contributed by atoms with Gasteiger partial charge in [0.2, 0.25) is 0 Å². The van der Waals surface area contributed by atoms with Crippen molar-refractivity contribution in [2.45, 2.75) is 6.61 Å². The molecule has 2 rings (SSSR count). The van der Waals surface area contributed by atoms with E-state index in [0.29, 0.717) is 12.3 Å². The van der Waals surface area contributed by atoms with Gasteiger partial charge in [0.25, 0.3) is 6.57 Å². The van der Waals surface area contributed by atoms with E-state index in [1.165, 1.54) is 0 Å². The zero-order valence-electron chi connectivity index (χ0n) is 8.84. The number of ether oxygens (including phenoxy) is 1. The van der Waals surface area contributed by atoms with Crippen molar-refractivity contribution in [1.82, 2.24) is 0 Å². The summed E-state index contributed by atoms with van der Waals surface area (Å²) in [4.78, 5) is 3.61. The average molecular weight is 210 g/mol. The van der Waals surface area contributed by atoms with Crippen LogP contribution in [0.15, 0.2) is 54.6 Å². The summed E-state index contributed by atoms with van der Waals surface area (Å²) in [5, 5.41) is 0. The van der Waals surface area contributed by atoms with Gasteiger partial charge < -0.3 is 4.74 Å². The van der Waals surface area contributed by atoms with Gasteiger partial charge in [-0.1, -0.05) is 36.4 Å². The van der Waals surface area contributed by atoms with Crippen molar-refractivity contribution in [2.75, 3.05) is 0 Å². The Balaban J connectivity index is 2.03. The second-order valence-electron chi connectivity index (χ2n) is 3.40. The molecule has 78 valence electrons. The molecule has 0 fully saturated rings. The molecule has 2 aromatic carbocycles. The van der Waals surface area contributed by atoms with Crippen molar-refractivity contribution >= 4 is 5.69 Å². The lowest BCUT2D eigenvalue weighted by molar-refractivity contribution is 0.306. The third-order valence-electron chi connectivity index (χ3n) is 2.22. The maximum absolute atomic E-state index is 5.62. The molecular weight excluding hydrogens is 198 g/mol. The molecule has 2 aromatic rings. The highest BCUT2D eigenvalue weighted by Gasteiger charge is 2.02. The van der Waals surface area contributed by atoms with Crippen molar-refractivity contribution in [1.29, 1.82) is 0 Å². The van der Waals surface area contributed by atoms with Crippen molar-refractivity contribution in [3.05, 3.63) is 65.0 Å². The molecule has 0 amide bonds. The fraction of sp³-hybridized carbons (Fsp3) is 0.0714. The minimum atomic E-state index is 0.550. The van der Waals surface area contributed by atoms with Crippen LogP contribution < -0.4 is 4.74 Å². The molecule has 0 aliphatic heterocycles. The van der Waals surface area contributed by atoms with Crippen LogP contribution in [0.25, 0.3) is 4.85 Å². The molecule has 0 aromatic heterocycles. The van der Waals surface area contributed by atoms with Gasteiger partial charge in [0, 0.05) is 6.07 Å². The van der Waals surface area contributed by atoms with E-state index < -0.39 is 0 Å². The Morgan fingerprint density at radius 2 is 1.81 bits per heavy atom. The van der Waals surface area contributed by atoms with E-state index in [-0.39, 0.29) is 0 Å². The topological polar surface area (TPSA) is 13.6 Å². The molecular formula is C14H12NO+. The number of benzene rings is 2. The summed E-state index contributed by atoms with van der Waals surface area (Å²) >= 11 is 0. The van der Waals surface area contributed by atoms with E-state index in [1.54, 1.807) is 0 Å². The lowest BCUT2D eigenvalue weighted by Crippen LogP contribution is -1.94. The monoisotopic (exact) mass is 210 g/mol. The molecule has 16 heavy (non-hydrogen) atoms. The van der Waals surface area contributed by atoms with Crippen LogP contribution in [0.3, 0.4) is 0 Å². The fourth-order valence-electron chi connectivity index (χ4n) is 1.39. The normalized spacial score (nSPS) is 9.44. The zero-order valence-corrected chi connectivity index (χ0v) is 8.84. The van der Waals surface area contributed by atoms with E-state index in [4.69, 9.17) is 11.3 Å². The summed E-state index contributed by atoms with van der Waals surface area (Å²) in [5.74, 6) is 0.774. The summed E-state index contributed by atoms with van der Waals surface area (Å²) in [6.45, 7) is 5.75. The fourth-order valence-corrected chi connectivity index (χ4v) is 1.39. The van der Waals surface area contributed by atoms with Crippen molar-refractivity contribution in [3.63, 3.8) is 0 Å². The van der Waals surface area contributed by atoms with Crippen LogP contribution in [-0.2, 0) is 6.61 Å². The summed E-state index contributed by atoms with van der Waals surface area (Å²) in [6, 6.07) is 17.4. The van der Waals surface area contributed by atoms with Crippen LogP contribution in [0, 0.1) is 6.57 Å². The SMILES string of the molecule is C#[N+]c1cccc(OCc2ccccc2)c1. The highest BCUT2D eigenvalue weighted by Crippen LogP contribution is 2.20. The van der Waals surface area contributed by atoms with Crippen LogP contribution in [0.2, 0.25) is 0 Å². The van der Waals surface area contributed by atoms with Crippen LogP contribution >= 0.6 is 0 Å². The minimum Gasteiger partial charge on any atom is -0.489 e. The van der Waals surface area contributed by atoms with E-state index in [2.05, 4.69) is 4.85 Å². The van der Waals surface area contributed by atoms with Crippen LogP contribution in [-0.4, -0.2) is 0 Å². The number of nitrogens with zero attached hydrogens (tertiary/aromatic N) is 1. The molecule has 2 heteroatoms. The van der Waals surface area contributed by atoms with Gasteiger partial charge >= 0.3 is 5.69 Å². The molecule has 0 unspecified atom stereocenters. The first-order valence-corrected chi connectivity index (χ1v) is 5.06. The molecule has 0 aliphatic carbocycles. The van der Waals surface area contributed by atoms with Gasteiger partial charge in [-0.05, 0) is 16.5 Å². The number of hydrogen-bond acceptors (Lipinski definition) is 1. The largest absolute Gasteiger partial charge is 0.489 e. The Labute approximate surface area is 94.9 Å². The second-order valence-corrected chi connectivity index (χ2v) is 3.40. The predicted molar refractivity (Wildman–Crippen MR) is 65.2 cm³/mol. The summed E-state index contributed by atoms with van der Waals surface area (Å²) in [6.07, 6.45) is 0. The van der Waals surface area contributed by atoms with Crippen LogP contribution in [0.4, 0.5) is 5.69 Å². The van der Waals surface area contributed by atoms with Gasteiger partial charge in [0.15, 0.2) is 0 Å². The Morgan fingerprint density at radius 1 is 1.00 bits per heavy atom. The summed E-state index contributed by atoms with van der Waals surface area (Å²) in [7, 11) is 0. The van der Waals surface area contributed by atoms with Gasteiger partial charge in [-0.15, -0.1) is 0 Å². The lowest BCUT2D eigenvalue weighted by Gasteiger charge is -2.04.